The number of nitrogens with one attached hydrogen (secondary N) is 4. The molecule has 5 N–H and O–H groups in total. The van der Waals surface area contributed by atoms with E-state index < -0.39 is 30.0 Å². The predicted octanol–water partition coefficient (Wildman–Crippen LogP) is 7.42. The number of ether oxygens (including phenoxy) is 2. The van der Waals surface area contributed by atoms with Crippen LogP contribution in [0.3, 0.4) is 0 Å². The topological polar surface area (TPSA) is 195 Å². The van der Waals surface area contributed by atoms with E-state index in [1.165, 1.54) is 4.90 Å². The van der Waals surface area contributed by atoms with Crippen molar-refractivity contribution in [3.63, 3.8) is 0 Å². The van der Waals surface area contributed by atoms with Crippen molar-refractivity contribution in [1.29, 1.82) is 5.26 Å². The third kappa shape index (κ3) is 12.1. The fourth-order valence-corrected chi connectivity index (χ4v) is 10.4. The highest BCUT2D eigenvalue weighted by molar-refractivity contribution is 7.13. The van der Waals surface area contributed by atoms with Crippen LogP contribution in [0.15, 0.2) is 72.2 Å². The number of thiazole rings is 1. The first-order valence-corrected chi connectivity index (χ1v) is 23.9. The Balaban J connectivity index is 0.862. The van der Waals surface area contributed by atoms with Crippen LogP contribution in [-0.2, 0) is 25.7 Å². The molecule has 0 radical (unpaired) electrons. The Morgan fingerprint density at radius 3 is 2.39 bits per heavy atom. The van der Waals surface area contributed by atoms with Gasteiger partial charge in [0.1, 0.15) is 36.6 Å². The van der Waals surface area contributed by atoms with Gasteiger partial charge < -0.3 is 40.7 Å². The number of amides is 4. The lowest BCUT2D eigenvalue weighted by atomic mass is 9.49. The molecule has 352 valence electrons. The van der Waals surface area contributed by atoms with Crippen LogP contribution in [0.4, 0.5) is 5.69 Å². The van der Waals surface area contributed by atoms with Crippen LogP contribution in [0.2, 0.25) is 5.02 Å². The minimum atomic E-state index is -0.850. The molecule has 0 unspecified atom stereocenters. The molecule has 2 aliphatic rings. The Hall–Kier alpha value is -5.53. The molecule has 1 saturated heterocycles. The van der Waals surface area contributed by atoms with Crippen LogP contribution in [0, 0.1) is 29.1 Å². The number of unbranched alkanes of at least 4 members (excludes halogenated alkanes) is 2. The Kier molecular flexibility index (Phi) is 16.9. The van der Waals surface area contributed by atoms with Gasteiger partial charge in [0.2, 0.25) is 17.7 Å². The van der Waals surface area contributed by atoms with Crippen LogP contribution in [0.5, 0.6) is 5.75 Å². The van der Waals surface area contributed by atoms with E-state index in [1.54, 1.807) is 41.7 Å². The van der Waals surface area contributed by atoms with Crippen molar-refractivity contribution >= 4 is 52.3 Å². The summed E-state index contributed by atoms with van der Waals surface area (Å²) in [6.07, 6.45) is 2.55. The molecule has 14 nitrogen and oxygen atoms in total. The van der Waals surface area contributed by atoms with E-state index in [-0.39, 0.29) is 60.9 Å². The first kappa shape index (κ1) is 49.9. The van der Waals surface area contributed by atoms with Crippen LogP contribution in [0.25, 0.3) is 10.4 Å². The number of carbonyl (C=O) groups excluding carboxylic acids is 4. The van der Waals surface area contributed by atoms with Gasteiger partial charge in [-0.25, -0.2) is 4.98 Å². The molecule has 6 rings (SSSR count). The van der Waals surface area contributed by atoms with E-state index in [0.29, 0.717) is 47.9 Å². The number of likely N-dealkylation sites (tertiary alicyclic amines) is 1. The van der Waals surface area contributed by atoms with Crippen LogP contribution in [-0.4, -0.2) is 95.3 Å². The molecule has 1 aromatic heterocycles. The summed E-state index contributed by atoms with van der Waals surface area (Å²) in [6.45, 7) is 13.3. The second-order valence-electron chi connectivity index (χ2n) is 18.4. The highest BCUT2D eigenvalue weighted by atomic mass is 35.5. The number of hydrogen-bond donors (Lipinski definition) is 5. The first-order valence-electron chi connectivity index (χ1n) is 22.7. The van der Waals surface area contributed by atoms with Gasteiger partial charge in [-0.1, -0.05) is 76.9 Å². The largest absolute Gasteiger partial charge is 0.489 e. The zero-order valence-corrected chi connectivity index (χ0v) is 40.2. The number of halogens is 1. The van der Waals surface area contributed by atoms with Gasteiger partial charge >= 0.3 is 0 Å². The van der Waals surface area contributed by atoms with Crippen molar-refractivity contribution < 1.29 is 33.8 Å². The van der Waals surface area contributed by atoms with E-state index in [4.69, 9.17) is 21.1 Å². The average molecular weight is 941 g/mol. The zero-order chi connectivity index (χ0) is 47.6. The van der Waals surface area contributed by atoms with Crippen molar-refractivity contribution in [1.82, 2.24) is 25.8 Å². The summed E-state index contributed by atoms with van der Waals surface area (Å²) < 4.78 is 12.0. The summed E-state index contributed by atoms with van der Waals surface area (Å²) >= 11 is 7.81. The van der Waals surface area contributed by atoms with E-state index in [2.05, 4.69) is 60.0 Å². The molecular weight excluding hydrogens is 878 g/mol. The van der Waals surface area contributed by atoms with Crippen molar-refractivity contribution in [3.8, 4) is 22.3 Å². The molecule has 1 aliphatic heterocycles. The highest BCUT2D eigenvalue weighted by Crippen LogP contribution is 2.55. The summed E-state index contributed by atoms with van der Waals surface area (Å²) in [4.78, 5) is 60.1. The smallest absolute Gasteiger partial charge is 0.251 e. The van der Waals surface area contributed by atoms with Crippen LogP contribution in [0.1, 0.15) is 100 Å². The number of carbonyl (C=O) groups is 4. The fraction of sp³-hybridized carbons (Fsp3) is 0.480. The summed E-state index contributed by atoms with van der Waals surface area (Å²) in [5.41, 5.74) is 5.83. The maximum absolute atomic E-state index is 13.7. The number of nitriles is 1. The third-order valence-electron chi connectivity index (χ3n) is 12.6. The minimum absolute atomic E-state index is 0.0136. The van der Waals surface area contributed by atoms with Crippen molar-refractivity contribution in [2.45, 2.75) is 117 Å². The van der Waals surface area contributed by atoms with Crippen molar-refractivity contribution in [2.75, 3.05) is 31.6 Å². The number of nitrogens with zero attached hydrogens (tertiary/aromatic N) is 3. The Labute approximate surface area is 396 Å². The summed E-state index contributed by atoms with van der Waals surface area (Å²) in [5.74, 6) is -0.746. The maximum atomic E-state index is 13.7. The first-order chi connectivity index (χ1) is 31.5. The van der Waals surface area contributed by atoms with Gasteiger partial charge in [-0.3, -0.25) is 19.2 Å². The second kappa shape index (κ2) is 22.3. The molecular formula is C50H62ClN7O7S. The SMILES string of the molecule is CCC[C@H](NC(=O)COCCCCCNc1ccc(C(=O)NC2C(C)(C)C(Oc3ccc(C#N)c(Cl)c3)C2(C)C)cc1)C(=O)N1C[C@H](O)C[C@H]1C(=O)NCc1ccc(-c2scnc2C)cc1. The Bertz CT molecular complexity index is 2350. The van der Waals surface area contributed by atoms with Crippen molar-refractivity contribution in [2.24, 2.45) is 10.8 Å². The molecule has 4 amide bonds. The molecule has 1 saturated carbocycles. The van der Waals surface area contributed by atoms with Gasteiger partial charge in [-0.05, 0) is 80.1 Å². The molecule has 2 heterocycles. The number of aliphatic hydroxyl groups is 1. The molecule has 0 spiro atoms. The Morgan fingerprint density at radius 2 is 1.74 bits per heavy atom. The summed E-state index contributed by atoms with van der Waals surface area (Å²) in [6, 6.07) is 20.5. The molecule has 3 aromatic carbocycles. The number of β-amino-alcohol motifs (C(OH)–C–C–N with tert-alkyl or cyclic N) is 1. The number of aliphatic hydroxyl groups excluding tert-OH is 1. The number of hydrogen-bond acceptors (Lipinski definition) is 11. The average Bonchev–Trinajstić information content (AvgIpc) is 3.92. The van der Waals surface area contributed by atoms with E-state index in [9.17, 15) is 29.5 Å². The number of anilines is 1. The lowest BCUT2D eigenvalue weighted by Gasteiger charge is -2.63. The normalized spacial score (nSPS) is 19.8. The van der Waals surface area contributed by atoms with Gasteiger partial charge in [-0.15, -0.1) is 11.3 Å². The molecule has 3 atom stereocenters. The predicted molar refractivity (Wildman–Crippen MR) is 256 cm³/mol. The second-order valence-corrected chi connectivity index (χ2v) is 19.7. The van der Waals surface area contributed by atoms with E-state index in [1.807, 2.05) is 55.8 Å². The molecule has 4 aromatic rings. The summed E-state index contributed by atoms with van der Waals surface area (Å²) in [7, 11) is 0. The number of benzene rings is 3. The van der Waals surface area contributed by atoms with Gasteiger partial charge in [0.15, 0.2) is 0 Å². The van der Waals surface area contributed by atoms with Crippen LogP contribution >= 0.6 is 22.9 Å². The lowest BCUT2D eigenvalue weighted by Crippen LogP contribution is -2.74. The zero-order valence-electron chi connectivity index (χ0n) is 38.6. The molecule has 16 heteroatoms. The van der Waals surface area contributed by atoms with Gasteiger partial charge in [0, 0.05) is 66.9 Å². The van der Waals surface area contributed by atoms with Gasteiger partial charge in [0.25, 0.3) is 5.91 Å². The fourth-order valence-electron chi connectivity index (χ4n) is 9.40. The number of rotatable bonds is 21. The van der Waals surface area contributed by atoms with Gasteiger partial charge in [-0.2, -0.15) is 5.26 Å². The summed E-state index contributed by atoms with van der Waals surface area (Å²) in [5, 5.41) is 32.4. The quantitative estimate of drug-likeness (QED) is 0.0525. The highest BCUT2D eigenvalue weighted by Gasteiger charge is 2.64. The molecule has 1 aliphatic carbocycles. The van der Waals surface area contributed by atoms with Crippen LogP contribution < -0.4 is 26.0 Å². The molecule has 0 bridgehead atoms. The third-order valence-corrected chi connectivity index (χ3v) is 13.9. The minimum Gasteiger partial charge on any atom is -0.489 e. The van der Waals surface area contributed by atoms with Gasteiger partial charge in [0.05, 0.1) is 32.8 Å². The Morgan fingerprint density at radius 1 is 1.02 bits per heavy atom. The standard InChI is InChI=1S/C50H62ClN7O7S/c1-7-11-40(46(63)58-28-37(59)24-41(58)45(62)54-27-32-12-14-33(15-13-32)43-31(2)55-30-66-43)56-42(60)29-64-23-10-8-9-22-53-36-19-16-34(17-20-36)44(61)57-47-49(3,4)48(50(47,5)6)65-38-21-18-35(26-52)39(51)25-38/h12-21,25,30,37,40-41,47-48,53,59H,7-11,22-24,27-29H2,1-6H3,(H,54,62)(H,56,60)(H,57,61)/t37-,40+,41+,47?,48?/m1/s1. The molecule has 2 fully saturated rings. The number of aryl methyl sites for hydroxylation is 1. The van der Waals surface area contributed by atoms with E-state index in [0.717, 1.165) is 46.6 Å². The van der Waals surface area contributed by atoms with E-state index >= 15 is 0 Å². The lowest BCUT2D eigenvalue weighted by molar-refractivity contribution is -0.164. The van der Waals surface area contributed by atoms with Crippen molar-refractivity contribution in [3.05, 3.63) is 99.6 Å². The monoisotopic (exact) mass is 939 g/mol. The molecule has 66 heavy (non-hydrogen) atoms. The number of aromatic nitrogens is 1. The maximum Gasteiger partial charge on any atom is 0.251 e.